The highest BCUT2D eigenvalue weighted by Crippen LogP contribution is 2.35. The highest BCUT2D eigenvalue weighted by atomic mass is 35.5. The molecule has 1 amide bonds. The van der Waals surface area contributed by atoms with E-state index in [-0.39, 0.29) is 5.92 Å². The molecule has 0 aliphatic rings. The van der Waals surface area contributed by atoms with Gasteiger partial charge >= 0.3 is 6.09 Å². The third-order valence-electron chi connectivity index (χ3n) is 2.65. The minimum atomic E-state index is -0.856. The van der Waals surface area contributed by atoms with Gasteiger partial charge in [0.1, 0.15) is 6.10 Å². The predicted molar refractivity (Wildman–Crippen MR) is 75.5 cm³/mol. The molecule has 2 N–H and O–H groups in total. The van der Waals surface area contributed by atoms with Crippen LogP contribution in [0.5, 0.6) is 0 Å². The van der Waals surface area contributed by atoms with Crippen molar-refractivity contribution in [3.05, 3.63) is 33.8 Å². The van der Waals surface area contributed by atoms with Crippen molar-refractivity contribution in [2.24, 2.45) is 11.7 Å². The van der Waals surface area contributed by atoms with Crippen molar-refractivity contribution >= 4 is 29.3 Å². The Bertz CT molecular complexity index is 420. The van der Waals surface area contributed by atoms with E-state index in [4.69, 9.17) is 38.4 Å². The molecule has 19 heavy (non-hydrogen) atoms. The summed E-state index contributed by atoms with van der Waals surface area (Å²) in [5.74, 6) is 0.168. The maximum Gasteiger partial charge on any atom is 0.405 e. The molecule has 0 fully saturated rings. The smallest absolute Gasteiger partial charge is 0.405 e. The van der Waals surface area contributed by atoms with Gasteiger partial charge in [-0.15, -0.1) is 0 Å². The molecule has 6 heteroatoms. The number of rotatable bonds is 6. The molecule has 0 aliphatic carbocycles. The molecule has 0 radical (unpaired) electrons. The van der Waals surface area contributed by atoms with E-state index in [0.717, 1.165) is 0 Å². The van der Waals surface area contributed by atoms with Gasteiger partial charge in [0, 0.05) is 29.3 Å². The molecule has 0 aromatic heterocycles. The molecule has 0 heterocycles. The quantitative estimate of drug-likeness (QED) is 0.869. The van der Waals surface area contributed by atoms with E-state index >= 15 is 0 Å². The van der Waals surface area contributed by atoms with Crippen LogP contribution in [0.3, 0.4) is 0 Å². The fourth-order valence-electron chi connectivity index (χ4n) is 1.90. The molecule has 0 spiro atoms. The Balaban J connectivity index is 2.99. The lowest BCUT2D eigenvalue weighted by molar-refractivity contribution is 0.0741. The van der Waals surface area contributed by atoms with Crippen molar-refractivity contribution in [2.75, 3.05) is 13.7 Å². The summed E-state index contributed by atoms with van der Waals surface area (Å²) in [6, 6.07) is 5.12. The second kappa shape index (κ2) is 7.58. The maximum atomic E-state index is 11.0. The first-order valence-corrected chi connectivity index (χ1v) is 6.60. The van der Waals surface area contributed by atoms with Crippen LogP contribution in [0.4, 0.5) is 4.79 Å². The van der Waals surface area contributed by atoms with Gasteiger partial charge in [-0.05, 0) is 24.5 Å². The third kappa shape index (κ3) is 4.90. The summed E-state index contributed by atoms with van der Waals surface area (Å²) in [6.45, 7) is 2.52. The van der Waals surface area contributed by atoms with Gasteiger partial charge in [-0.25, -0.2) is 4.79 Å². The summed E-state index contributed by atoms with van der Waals surface area (Å²) in [4.78, 5) is 11.0. The lowest BCUT2D eigenvalue weighted by Crippen LogP contribution is -2.20. The molecule has 1 aromatic rings. The van der Waals surface area contributed by atoms with Gasteiger partial charge < -0.3 is 15.2 Å². The Morgan fingerprint density at radius 2 is 1.95 bits per heavy atom. The number of amides is 1. The number of halogens is 2. The van der Waals surface area contributed by atoms with E-state index < -0.39 is 12.2 Å². The molecule has 1 aromatic carbocycles. The van der Waals surface area contributed by atoms with Gasteiger partial charge in [-0.1, -0.05) is 36.2 Å². The fraction of sp³-hybridized carbons (Fsp3) is 0.462. The van der Waals surface area contributed by atoms with Crippen LogP contribution in [0.25, 0.3) is 0 Å². The van der Waals surface area contributed by atoms with Gasteiger partial charge in [0.05, 0.1) is 0 Å². The van der Waals surface area contributed by atoms with E-state index in [1.165, 1.54) is 0 Å². The fourth-order valence-corrected chi connectivity index (χ4v) is 2.54. The number of carbonyl (C=O) groups excluding carboxylic acids is 1. The lowest BCUT2D eigenvalue weighted by Gasteiger charge is -2.22. The molecule has 0 unspecified atom stereocenters. The molecule has 1 rings (SSSR count). The summed E-state index contributed by atoms with van der Waals surface area (Å²) < 4.78 is 10.2. The SMILES string of the molecule is COC[C@@H](C)C[C@H](OC(N)=O)c1c(Cl)cccc1Cl. The van der Waals surface area contributed by atoms with Crippen LogP contribution in [0.1, 0.15) is 25.0 Å². The highest BCUT2D eigenvalue weighted by molar-refractivity contribution is 6.36. The minimum absolute atomic E-state index is 0.168. The molecule has 4 nitrogen and oxygen atoms in total. The monoisotopic (exact) mass is 305 g/mol. The Hall–Kier alpha value is -0.970. The van der Waals surface area contributed by atoms with Crippen molar-refractivity contribution in [3.8, 4) is 0 Å². The van der Waals surface area contributed by atoms with Crippen molar-refractivity contribution in [3.63, 3.8) is 0 Å². The molecular formula is C13H17Cl2NO3. The third-order valence-corrected chi connectivity index (χ3v) is 3.31. The number of carbonyl (C=O) groups is 1. The molecular weight excluding hydrogens is 289 g/mol. The predicted octanol–water partition coefficient (Wildman–Crippen LogP) is 3.80. The molecule has 0 aliphatic heterocycles. The first-order chi connectivity index (χ1) is 8.95. The average molecular weight is 306 g/mol. The van der Waals surface area contributed by atoms with Crippen LogP contribution in [0.15, 0.2) is 18.2 Å². The van der Waals surface area contributed by atoms with Gasteiger partial charge in [-0.3, -0.25) is 0 Å². The van der Waals surface area contributed by atoms with Gasteiger partial charge in [0.15, 0.2) is 0 Å². The van der Waals surface area contributed by atoms with Gasteiger partial charge in [0.2, 0.25) is 0 Å². The van der Waals surface area contributed by atoms with E-state index in [1.54, 1.807) is 25.3 Å². The summed E-state index contributed by atoms with van der Waals surface area (Å²) in [5.41, 5.74) is 5.68. The Morgan fingerprint density at radius 1 is 1.37 bits per heavy atom. The zero-order chi connectivity index (χ0) is 14.4. The van der Waals surface area contributed by atoms with E-state index in [1.807, 2.05) is 6.92 Å². The van der Waals surface area contributed by atoms with E-state index in [0.29, 0.717) is 28.6 Å². The molecule has 0 saturated heterocycles. The number of methoxy groups -OCH3 is 1. The normalized spacial score (nSPS) is 13.9. The van der Waals surface area contributed by atoms with E-state index in [9.17, 15) is 4.79 Å². The maximum absolute atomic E-state index is 11.0. The van der Waals surface area contributed by atoms with Crippen molar-refractivity contribution in [2.45, 2.75) is 19.4 Å². The zero-order valence-corrected chi connectivity index (χ0v) is 12.4. The topological polar surface area (TPSA) is 61.6 Å². The van der Waals surface area contributed by atoms with Crippen LogP contribution in [0.2, 0.25) is 10.0 Å². The van der Waals surface area contributed by atoms with Gasteiger partial charge in [0.25, 0.3) is 0 Å². The minimum Gasteiger partial charge on any atom is -0.441 e. The van der Waals surface area contributed by atoms with Crippen LogP contribution in [-0.4, -0.2) is 19.8 Å². The number of hydrogen-bond acceptors (Lipinski definition) is 3. The van der Waals surface area contributed by atoms with Crippen LogP contribution < -0.4 is 5.73 Å². The first kappa shape index (κ1) is 16.1. The Morgan fingerprint density at radius 3 is 2.42 bits per heavy atom. The Labute approximate surface area is 122 Å². The van der Waals surface area contributed by atoms with Crippen LogP contribution >= 0.6 is 23.2 Å². The van der Waals surface area contributed by atoms with Crippen molar-refractivity contribution in [1.29, 1.82) is 0 Å². The number of hydrogen-bond donors (Lipinski definition) is 1. The first-order valence-electron chi connectivity index (χ1n) is 5.84. The zero-order valence-electron chi connectivity index (χ0n) is 10.9. The van der Waals surface area contributed by atoms with Crippen LogP contribution in [0, 0.1) is 5.92 Å². The Kier molecular flexibility index (Phi) is 6.42. The summed E-state index contributed by atoms with van der Waals surface area (Å²) >= 11 is 12.2. The molecule has 0 bridgehead atoms. The summed E-state index contributed by atoms with van der Waals surface area (Å²) in [5, 5.41) is 0.895. The number of primary amides is 1. The second-order valence-corrected chi connectivity index (χ2v) is 5.17. The van der Waals surface area contributed by atoms with Crippen LogP contribution in [-0.2, 0) is 9.47 Å². The summed E-state index contributed by atoms with van der Waals surface area (Å²) in [7, 11) is 1.61. The second-order valence-electron chi connectivity index (χ2n) is 4.36. The number of nitrogens with two attached hydrogens (primary N) is 1. The average Bonchev–Trinajstić information content (AvgIpc) is 2.27. The molecule has 0 saturated carbocycles. The van der Waals surface area contributed by atoms with E-state index in [2.05, 4.69) is 0 Å². The highest BCUT2D eigenvalue weighted by Gasteiger charge is 2.23. The molecule has 2 atom stereocenters. The standard InChI is InChI=1S/C13H17Cl2NO3/c1-8(7-18-2)6-11(19-13(16)17)12-9(14)4-3-5-10(12)15/h3-5,8,11H,6-7H2,1-2H3,(H2,16,17)/t8-,11-/m0/s1. The number of benzene rings is 1. The lowest BCUT2D eigenvalue weighted by atomic mass is 9.98. The van der Waals surface area contributed by atoms with Crippen molar-refractivity contribution in [1.82, 2.24) is 0 Å². The number of ether oxygens (including phenoxy) is 2. The largest absolute Gasteiger partial charge is 0.441 e. The van der Waals surface area contributed by atoms with Crippen molar-refractivity contribution < 1.29 is 14.3 Å². The van der Waals surface area contributed by atoms with Gasteiger partial charge in [-0.2, -0.15) is 0 Å². The molecule has 106 valence electrons. The summed E-state index contributed by atoms with van der Waals surface area (Å²) in [6.07, 6.45) is -0.908.